The predicted octanol–water partition coefficient (Wildman–Crippen LogP) is 4.16. The molecule has 0 fully saturated rings. The zero-order valence-corrected chi connectivity index (χ0v) is 13.0. The van der Waals surface area contributed by atoms with Gasteiger partial charge < -0.3 is 9.32 Å². The van der Waals surface area contributed by atoms with Gasteiger partial charge in [-0.15, -0.1) is 0 Å². The summed E-state index contributed by atoms with van der Waals surface area (Å²) in [5, 5.41) is 0. The number of hydrogen-bond acceptors (Lipinski definition) is 2. The lowest BCUT2D eigenvalue weighted by atomic mass is 10.1. The molecule has 1 aromatic carbocycles. The largest absolute Gasteiger partial charge is 0.464 e. The summed E-state index contributed by atoms with van der Waals surface area (Å²) in [5.41, 5.74) is 1.14. The van der Waals surface area contributed by atoms with E-state index in [4.69, 9.17) is 4.42 Å². The van der Waals surface area contributed by atoms with Crippen LogP contribution in [0, 0.1) is 12.8 Å². The highest BCUT2D eigenvalue weighted by Crippen LogP contribution is 2.15. The Bertz CT molecular complexity index is 572. The van der Waals surface area contributed by atoms with Gasteiger partial charge in [0.15, 0.2) is 0 Å². The van der Waals surface area contributed by atoms with Gasteiger partial charge in [0.1, 0.15) is 11.5 Å². The van der Waals surface area contributed by atoms with Crippen molar-refractivity contribution in [3.8, 4) is 0 Å². The van der Waals surface area contributed by atoms with Crippen LogP contribution in [-0.2, 0) is 17.9 Å². The number of aryl methyl sites for hydroxylation is 1. The fourth-order valence-electron chi connectivity index (χ4n) is 2.27. The molecule has 2 rings (SSSR count). The maximum absolute atomic E-state index is 12.5. The van der Waals surface area contributed by atoms with Crippen LogP contribution in [0.25, 0.3) is 0 Å². The van der Waals surface area contributed by atoms with Crippen LogP contribution >= 0.6 is 0 Å². The van der Waals surface area contributed by atoms with E-state index in [9.17, 15) is 4.79 Å². The first-order valence-electron chi connectivity index (χ1n) is 7.41. The summed E-state index contributed by atoms with van der Waals surface area (Å²) in [4.78, 5) is 14.3. The van der Waals surface area contributed by atoms with Gasteiger partial charge in [-0.2, -0.15) is 0 Å². The molecule has 0 aliphatic heterocycles. The van der Waals surface area contributed by atoms with Gasteiger partial charge >= 0.3 is 0 Å². The first kappa shape index (κ1) is 15.4. The second kappa shape index (κ2) is 7.11. The first-order valence-corrected chi connectivity index (χ1v) is 7.41. The number of amides is 1. The zero-order valence-electron chi connectivity index (χ0n) is 13.0. The van der Waals surface area contributed by atoms with Crippen molar-refractivity contribution in [1.29, 1.82) is 0 Å². The summed E-state index contributed by atoms with van der Waals surface area (Å²) in [6, 6.07) is 13.9. The van der Waals surface area contributed by atoms with Gasteiger partial charge in [-0.05, 0) is 30.5 Å². The molecule has 2 aromatic rings. The van der Waals surface area contributed by atoms with E-state index >= 15 is 0 Å². The molecule has 0 aliphatic rings. The zero-order chi connectivity index (χ0) is 15.2. The van der Waals surface area contributed by atoms with Crippen molar-refractivity contribution in [1.82, 2.24) is 4.90 Å². The highest BCUT2D eigenvalue weighted by Gasteiger charge is 2.17. The average Bonchev–Trinajstić information content (AvgIpc) is 2.84. The summed E-state index contributed by atoms with van der Waals surface area (Å²) < 4.78 is 5.61. The maximum Gasteiger partial charge on any atom is 0.223 e. The topological polar surface area (TPSA) is 33.5 Å². The Morgan fingerprint density at radius 3 is 2.38 bits per heavy atom. The molecular weight excluding hydrogens is 262 g/mol. The molecule has 0 bridgehead atoms. The molecule has 21 heavy (non-hydrogen) atoms. The van der Waals surface area contributed by atoms with E-state index < -0.39 is 0 Å². The van der Waals surface area contributed by atoms with Gasteiger partial charge in [0.2, 0.25) is 5.91 Å². The fraction of sp³-hybridized carbons (Fsp3) is 0.389. The van der Waals surface area contributed by atoms with Gasteiger partial charge in [-0.1, -0.05) is 44.2 Å². The molecule has 0 spiro atoms. The second-order valence-corrected chi connectivity index (χ2v) is 5.85. The summed E-state index contributed by atoms with van der Waals surface area (Å²) in [5.74, 6) is 2.23. The fourth-order valence-corrected chi connectivity index (χ4v) is 2.27. The van der Waals surface area contributed by atoms with E-state index in [1.807, 2.05) is 54.3 Å². The van der Waals surface area contributed by atoms with Gasteiger partial charge in [0.25, 0.3) is 0 Å². The SMILES string of the molecule is Cc1ccc(CN(Cc2ccccc2)C(=O)CC(C)C)o1. The molecule has 0 saturated heterocycles. The Labute approximate surface area is 126 Å². The number of nitrogens with zero attached hydrogens (tertiary/aromatic N) is 1. The van der Waals surface area contributed by atoms with Crippen molar-refractivity contribution in [2.45, 2.75) is 40.3 Å². The number of benzene rings is 1. The number of carbonyl (C=O) groups excluding carboxylic acids is 1. The normalized spacial score (nSPS) is 10.9. The smallest absolute Gasteiger partial charge is 0.223 e. The Hall–Kier alpha value is -2.03. The molecule has 0 unspecified atom stereocenters. The quantitative estimate of drug-likeness (QED) is 0.798. The Morgan fingerprint density at radius 1 is 1.10 bits per heavy atom. The number of hydrogen-bond donors (Lipinski definition) is 0. The van der Waals surface area contributed by atoms with Crippen molar-refractivity contribution >= 4 is 5.91 Å². The van der Waals surface area contributed by atoms with E-state index in [1.54, 1.807) is 0 Å². The van der Waals surface area contributed by atoms with Gasteiger partial charge in [0, 0.05) is 13.0 Å². The minimum atomic E-state index is 0.169. The highest BCUT2D eigenvalue weighted by atomic mass is 16.3. The summed E-state index contributed by atoms with van der Waals surface area (Å²) in [6.07, 6.45) is 0.562. The lowest BCUT2D eigenvalue weighted by molar-refractivity contribution is -0.133. The Kier molecular flexibility index (Phi) is 5.20. The van der Waals surface area contributed by atoms with Crippen LogP contribution < -0.4 is 0 Å². The number of carbonyl (C=O) groups is 1. The molecule has 0 N–H and O–H groups in total. The molecule has 0 aliphatic carbocycles. The lowest BCUT2D eigenvalue weighted by Crippen LogP contribution is -2.30. The minimum Gasteiger partial charge on any atom is -0.464 e. The molecule has 0 radical (unpaired) electrons. The van der Waals surface area contributed by atoms with Gasteiger partial charge in [-0.25, -0.2) is 0 Å². The molecule has 1 aromatic heterocycles. The molecule has 3 heteroatoms. The standard InChI is InChI=1S/C18H23NO2/c1-14(2)11-18(20)19(12-16-7-5-4-6-8-16)13-17-10-9-15(3)21-17/h4-10,14H,11-13H2,1-3H3. The van der Waals surface area contributed by atoms with Crippen molar-refractivity contribution in [3.05, 3.63) is 59.5 Å². The van der Waals surface area contributed by atoms with Crippen LogP contribution in [0.5, 0.6) is 0 Å². The predicted molar refractivity (Wildman–Crippen MR) is 83.6 cm³/mol. The molecule has 3 nitrogen and oxygen atoms in total. The van der Waals surface area contributed by atoms with Crippen LogP contribution in [0.4, 0.5) is 0 Å². The van der Waals surface area contributed by atoms with Gasteiger partial charge in [0.05, 0.1) is 6.54 Å². The van der Waals surface area contributed by atoms with Crippen molar-refractivity contribution in [3.63, 3.8) is 0 Å². The van der Waals surface area contributed by atoms with Crippen molar-refractivity contribution in [2.75, 3.05) is 0 Å². The monoisotopic (exact) mass is 285 g/mol. The average molecular weight is 285 g/mol. The number of rotatable bonds is 6. The highest BCUT2D eigenvalue weighted by molar-refractivity contribution is 5.76. The van der Waals surface area contributed by atoms with Crippen LogP contribution in [0.3, 0.4) is 0 Å². The molecule has 112 valence electrons. The van der Waals surface area contributed by atoms with E-state index in [0.717, 1.165) is 17.1 Å². The summed E-state index contributed by atoms with van der Waals surface area (Å²) >= 11 is 0. The Morgan fingerprint density at radius 2 is 1.81 bits per heavy atom. The third-order valence-electron chi connectivity index (χ3n) is 3.29. The molecular formula is C18H23NO2. The molecule has 0 atom stereocenters. The Balaban J connectivity index is 2.11. The minimum absolute atomic E-state index is 0.169. The summed E-state index contributed by atoms with van der Waals surface area (Å²) in [6.45, 7) is 7.19. The van der Waals surface area contributed by atoms with Crippen molar-refractivity contribution in [2.24, 2.45) is 5.92 Å². The first-order chi connectivity index (χ1) is 10.0. The molecule has 1 amide bonds. The van der Waals surface area contributed by atoms with Crippen LogP contribution in [0.1, 0.15) is 37.4 Å². The van der Waals surface area contributed by atoms with Crippen molar-refractivity contribution < 1.29 is 9.21 Å². The molecule has 1 heterocycles. The van der Waals surface area contributed by atoms with Crippen LogP contribution in [0.2, 0.25) is 0 Å². The summed E-state index contributed by atoms with van der Waals surface area (Å²) in [7, 11) is 0. The maximum atomic E-state index is 12.5. The van der Waals surface area contributed by atoms with E-state index in [0.29, 0.717) is 25.4 Å². The van der Waals surface area contributed by atoms with E-state index in [2.05, 4.69) is 13.8 Å². The lowest BCUT2D eigenvalue weighted by Gasteiger charge is -2.23. The second-order valence-electron chi connectivity index (χ2n) is 5.85. The number of furan rings is 1. The molecule has 0 saturated carbocycles. The van der Waals surface area contributed by atoms with E-state index in [-0.39, 0.29) is 5.91 Å². The van der Waals surface area contributed by atoms with Crippen LogP contribution in [-0.4, -0.2) is 10.8 Å². The van der Waals surface area contributed by atoms with Crippen LogP contribution in [0.15, 0.2) is 46.9 Å². The third kappa shape index (κ3) is 4.78. The van der Waals surface area contributed by atoms with Gasteiger partial charge in [-0.3, -0.25) is 4.79 Å². The van der Waals surface area contributed by atoms with E-state index in [1.165, 1.54) is 0 Å². The third-order valence-corrected chi connectivity index (χ3v) is 3.29.